The normalized spacial score (nSPS) is 10.6. The molecule has 21 heavy (non-hydrogen) atoms. The van der Waals surface area contributed by atoms with E-state index in [1.54, 1.807) is 0 Å². The van der Waals surface area contributed by atoms with Gasteiger partial charge in [-0.1, -0.05) is 30.3 Å². The number of fused-ring (bicyclic) bond motifs is 1. The Morgan fingerprint density at radius 2 is 1.76 bits per heavy atom. The highest BCUT2D eigenvalue weighted by Gasteiger charge is 2.11. The van der Waals surface area contributed by atoms with Crippen molar-refractivity contribution in [2.75, 3.05) is 7.11 Å². The van der Waals surface area contributed by atoms with Gasteiger partial charge in [0.15, 0.2) is 5.52 Å². The van der Waals surface area contributed by atoms with Crippen LogP contribution in [-0.2, 0) is 6.61 Å². The molecule has 0 unspecified atom stereocenters. The molecule has 106 valence electrons. The highest BCUT2D eigenvalue weighted by molar-refractivity contribution is 5.79. The maximum atomic E-state index is 5.81. The van der Waals surface area contributed by atoms with Gasteiger partial charge in [-0.15, -0.1) is 0 Å². The van der Waals surface area contributed by atoms with Crippen molar-refractivity contribution in [2.45, 2.75) is 13.5 Å². The molecule has 0 aliphatic carbocycles. The van der Waals surface area contributed by atoms with Gasteiger partial charge in [0.1, 0.15) is 6.61 Å². The zero-order valence-corrected chi connectivity index (χ0v) is 11.9. The van der Waals surface area contributed by atoms with E-state index in [4.69, 9.17) is 9.47 Å². The lowest BCUT2D eigenvalue weighted by Gasteiger charge is -2.09. The standard InChI is InChI=1S/C16H15N3O2/c1-11-8-9-13-14(17-11)15(19-16(18-13)20-2)21-10-12-6-4-3-5-7-12/h3-9H,10H2,1-2H3. The average molecular weight is 281 g/mol. The van der Waals surface area contributed by atoms with Gasteiger partial charge in [0.05, 0.1) is 12.6 Å². The summed E-state index contributed by atoms with van der Waals surface area (Å²) >= 11 is 0. The number of ether oxygens (including phenoxy) is 2. The Kier molecular flexibility index (Phi) is 3.64. The minimum Gasteiger partial charge on any atom is -0.471 e. The van der Waals surface area contributed by atoms with Crippen LogP contribution in [0, 0.1) is 6.92 Å². The number of rotatable bonds is 4. The Balaban J connectivity index is 1.97. The van der Waals surface area contributed by atoms with Crippen LogP contribution in [0.25, 0.3) is 11.0 Å². The maximum Gasteiger partial charge on any atom is 0.320 e. The molecule has 0 amide bonds. The number of hydrogen-bond acceptors (Lipinski definition) is 5. The lowest BCUT2D eigenvalue weighted by Crippen LogP contribution is -2.02. The maximum absolute atomic E-state index is 5.81. The molecule has 3 rings (SSSR count). The molecule has 0 radical (unpaired) electrons. The molecule has 5 heteroatoms. The van der Waals surface area contributed by atoms with Crippen LogP contribution >= 0.6 is 0 Å². The van der Waals surface area contributed by atoms with Crippen molar-refractivity contribution in [3.63, 3.8) is 0 Å². The molecule has 3 aromatic rings. The Bertz CT molecular complexity index is 760. The second kappa shape index (κ2) is 5.75. The van der Waals surface area contributed by atoms with Crippen LogP contribution in [-0.4, -0.2) is 22.1 Å². The second-order valence-corrected chi connectivity index (χ2v) is 4.61. The van der Waals surface area contributed by atoms with E-state index in [0.717, 1.165) is 11.3 Å². The molecule has 0 bridgehead atoms. The lowest BCUT2D eigenvalue weighted by molar-refractivity contribution is 0.288. The summed E-state index contributed by atoms with van der Waals surface area (Å²) in [6, 6.07) is 14.0. The number of hydrogen-bond donors (Lipinski definition) is 0. The molecule has 2 aromatic heterocycles. The summed E-state index contributed by atoms with van der Waals surface area (Å²) in [4.78, 5) is 13.0. The van der Waals surface area contributed by atoms with Gasteiger partial charge in [-0.05, 0) is 24.6 Å². The van der Waals surface area contributed by atoms with E-state index in [9.17, 15) is 0 Å². The first-order valence-electron chi connectivity index (χ1n) is 6.62. The second-order valence-electron chi connectivity index (χ2n) is 4.61. The van der Waals surface area contributed by atoms with Gasteiger partial charge < -0.3 is 9.47 Å². The van der Waals surface area contributed by atoms with Gasteiger partial charge in [0.2, 0.25) is 5.88 Å². The molecule has 0 saturated carbocycles. The van der Waals surface area contributed by atoms with Crippen LogP contribution in [0.3, 0.4) is 0 Å². The van der Waals surface area contributed by atoms with Crippen LogP contribution in [0.1, 0.15) is 11.3 Å². The third-order valence-corrected chi connectivity index (χ3v) is 3.03. The Morgan fingerprint density at radius 1 is 0.952 bits per heavy atom. The summed E-state index contributed by atoms with van der Waals surface area (Å²) in [6.45, 7) is 2.34. The van der Waals surface area contributed by atoms with Gasteiger partial charge in [0, 0.05) is 5.69 Å². The third-order valence-electron chi connectivity index (χ3n) is 3.03. The topological polar surface area (TPSA) is 57.1 Å². The van der Waals surface area contributed by atoms with Crippen molar-refractivity contribution in [3.05, 3.63) is 53.7 Å². The summed E-state index contributed by atoms with van der Waals surface area (Å²) in [5.74, 6) is 0.435. The Hall–Kier alpha value is -2.69. The van der Waals surface area contributed by atoms with E-state index in [1.165, 1.54) is 7.11 Å². The number of aromatic nitrogens is 3. The molecular weight excluding hydrogens is 266 g/mol. The molecule has 0 saturated heterocycles. The number of benzene rings is 1. The first-order chi connectivity index (χ1) is 10.3. The summed E-state index contributed by atoms with van der Waals surface area (Å²) in [5.41, 5.74) is 3.30. The minimum absolute atomic E-state index is 0.274. The summed E-state index contributed by atoms with van der Waals surface area (Å²) in [7, 11) is 1.53. The van der Waals surface area contributed by atoms with Crippen molar-refractivity contribution in [3.8, 4) is 11.9 Å². The van der Waals surface area contributed by atoms with E-state index in [0.29, 0.717) is 23.5 Å². The predicted molar refractivity (Wildman–Crippen MR) is 79.4 cm³/mol. The minimum atomic E-state index is 0.274. The summed E-state index contributed by atoms with van der Waals surface area (Å²) < 4.78 is 10.9. The Morgan fingerprint density at radius 3 is 2.52 bits per heavy atom. The summed E-state index contributed by atoms with van der Waals surface area (Å²) in [5, 5.41) is 0. The SMILES string of the molecule is COc1nc(OCc2ccccc2)c2nc(C)ccc2n1. The molecule has 0 fully saturated rings. The van der Waals surface area contributed by atoms with E-state index in [1.807, 2.05) is 49.4 Å². The van der Waals surface area contributed by atoms with Gasteiger partial charge in [0.25, 0.3) is 0 Å². The van der Waals surface area contributed by atoms with Crippen LogP contribution in [0.4, 0.5) is 0 Å². The molecule has 2 heterocycles. The van der Waals surface area contributed by atoms with Crippen molar-refractivity contribution in [1.29, 1.82) is 0 Å². The van der Waals surface area contributed by atoms with Crippen LogP contribution < -0.4 is 9.47 Å². The number of pyridine rings is 1. The number of nitrogens with zero attached hydrogens (tertiary/aromatic N) is 3. The Labute approximate surface area is 122 Å². The summed E-state index contributed by atoms with van der Waals surface area (Å²) in [6.07, 6.45) is 0. The molecule has 0 atom stereocenters. The van der Waals surface area contributed by atoms with E-state index in [-0.39, 0.29) is 6.01 Å². The fraction of sp³-hybridized carbons (Fsp3) is 0.188. The van der Waals surface area contributed by atoms with Crippen molar-refractivity contribution >= 4 is 11.0 Å². The number of methoxy groups -OCH3 is 1. The van der Waals surface area contributed by atoms with Gasteiger partial charge in [-0.2, -0.15) is 9.97 Å². The molecule has 0 N–H and O–H groups in total. The van der Waals surface area contributed by atoms with Gasteiger partial charge in [-0.25, -0.2) is 4.98 Å². The predicted octanol–water partition coefficient (Wildman–Crippen LogP) is 2.92. The first kappa shape index (κ1) is 13.3. The van der Waals surface area contributed by atoms with Crippen LogP contribution in [0.2, 0.25) is 0 Å². The van der Waals surface area contributed by atoms with Crippen LogP contribution in [0.5, 0.6) is 11.9 Å². The molecule has 5 nitrogen and oxygen atoms in total. The highest BCUT2D eigenvalue weighted by atomic mass is 16.5. The zero-order valence-electron chi connectivity index (χ0n) is 11.9. The molecule has 0 aliphatic rings. The highest BCUT2D eigenvalue weighted by Crippen LogP contribution is 2.24. The first-order valence-corrected chi connectivity index (χ1v) is 6.62. The monoisotopic (exact) mass is 281 g/mol. The van der Waals surface area contributed by atoms with E-state index >= 15 is 0 Å². The van der Waals surface area contributed by atoms with E-state index < -0.39 is 0 Å². The van der Waals surface area contributed by atoms with Crippen molar-refractivity contribution in [1.82, 2.24) is 15.0 Å². The fourth-order valence-corrected chi connectivity index (χ4v) is 1.98. The smallest absolute Gasteiger partial charge is 0.320 e. The average Bonchev–Trinajstić information content (AvgIpc) is 2.53. The largest absolute Gasteiger partial charge is 0.471 e. The number of aryl methyl sites for hydroxylation is 1. The quantitative estimate of drug-likeness (QED) is 0.736. The van der Waals surface area contributed by atoms with Crippen molar-refractivity contribution < 1.29 is 9.47 Å². The van der Waals surface area contributed by atoms with Crippen molar-refractivity contribution in [2.24, 2.45) is 0 Å². The molecule has 1 aromatic carbocycles. The molecule has 0 aliphatic heterocycles. The van der Waals surface area contributed by atoms with E-state index in [2.05, 4.69) is 15.0 Å². The van der Waals surface area contributed by atoms with Gasteiger partial charge in [-0.3, -0.25) is 0 Å². The van der Waals surface area contributed by atoms with Crippen LogP contribution in [0.15, 0.2) is 42.5 Å². The fourth-order valence-electron chi connectivity index (χ4n) is 1.98. The molecular formula is C16H15N3O2. The zero-order chi connectivity index (χ0) is 14.7. The molecule has 0 spiro atoms. The van der Waals surface area contributed by atoms with Gasteiger partial charge >= 0.3 is 6.01 Å². The third kappa shape index (κ3) is 2.91. The lowest BCUT2D eigenvalue weighted by atomic mass is 10.2.